The van der Waals surface area contributed by atoms with Gasteiger partial charge in [0.2, 0.25) is 0 Å². The maximum atomic E-state index is 12.2. The fourth-order valence-electron chi connectivity index (χ4n) is 1.72. The highest BCUT2D eigenvalue weighted by molar-refractivity contribution is 7.10. The highest BCUT2D eigenvalue weighted by atomic mass is 32.1. The van der Waals surface area contributed by atoms with Crippen molar-refractivity contribution in [1.82, 2.24) is 10.2 Å². The summed E-state index contributed by atoms with van der Waals surface area (Å²) in [5, 5.41) is 14.2. The van der Waals surface area contributed by atoms with Crippen LogP contribution in [0.2, 0.25) is 0 Å². The Balaban J connectivity index is 2.83. The van der Waals surface area contributed by atoms with Crippen molar-refractivity contribution in [3.8, 4) is 0 Å². The van der Waals surface area contributed by atoms with Gasteiger partial charge in [-0.15, -0.1) is 11.3 Å². The molecule has 5 heteroatoms. The molecule has 2 unspecified atom stereocenters. The van der Waals surface area contributed by atoms with Crippen LogP contribution in [0.4, 0.5) is 4.79 Å². The molecule has 0 aliphatic heterocycles. The normalized spacial score (nSPS) is 14.8. The van der Waals surface area contributed by atoms with Crippen LogP contribution in [-0.2, 0) is 0 Å². The van der Waals surface area contributed by atoms with E-state index in [1.165, 1.54) is 4.90 Å². The van der Waals surface area contributed by atoms with E-state index < -0.39 is 0 Å². The third-order valence-electron chi connectivity index (χ3n) is 3.21. The van der Waals surface area contributed by atoms with Crippen molar-refractivity contribution in [3.05, 3.63) is 22.4 Å². The van der Waals surface area contributed by atoms with Crippen LogP contribution in [0.5, 0.6) is 0 Å². The van der Waals surface area contributed by atoms with Crippen molar-refractivity contribution < 1.29 is 9.90 Å². The SMILES string of the molecule is CC(CO)N(C)C(=O)NC(c1cccs1)C(C)(C)C. The van der Waals surface area contributed by atoms with Crippen molar-refractivity contribution in [2.24, 2.45) is 5.41 Å². The molecule has 1 rings (SSSR count). The van der Waals surface area contributed by atoms with Gasteiger partial charge in [0.05, 0.1) is 18.7 Å². The van der Waals surface area contributed by atoms with Gasteiger partial charge in [-0.2, -0.15) is 0 Å². The predicted molar refractivity (Wildman–Crippen MR) is 79.4 cm³/mol. The van der Waals surface area contributed by atoms with Crippen LogP contribution in [-0.4, -0.2) is 35.7 Å². The maximum Gasteiger partial charge on any atom is 0.317 e. The van der Waals surface area contributed by atoms with Gasteiger partial charge >= 0.3 is 6.03 Å². The Morgan fingerprint density at radius 3 is 2.58 bits per heavy atom. The molecule has 0 bridgehead atoms. The molecule has 0 aliphatic rings. The molecule has 1 aromatic heterocycles. The summed E-state index contributed by atoms with van der Waals surface area (Å²) in [5.74, 6) is 0. The molecule has 0 spiro atoms. The Morgan fingerprint density at radius 1 is 1.53 bits per heavy atom. The Bertz CT molecular complexity index is 398. The van der Waals surface area contributed by atoms with E-state index >= 15 is 0 Å². The van der Waals surface area contributed by atoms with Crippen molar-refractivity contribution >= 4 is 17.4 Å². The standard InChI is InChI=1S/C14H24N2O2S/c1-10(9-17)16(5)13(18)15-12(14(2,3)4)11-7-6-8-19-11/h6-8,10,12,17H,9H2,1-5H3,(H,15,18). The minimum atomic E-state index is -0.191. The fraction of sp³-hybridized carbons (Fsp3) is 0.643. The van der Waals surface area contributed by atoms with Gasteiger partial charge in [-0.3, -0.25) is 0 Å². The van der Waals surface area contributed by atoms with Gasteiger partial charge < -0.3 is 15.3 Å². The van der Waals surface area contributed by atoms with E-state index in [9.17, 15) is 4.79 Å². The second kappa shape index (κ2) is 6.39. The molecule has 0 aliphatic carbocycles. The zero-order valence-corrected chi connectivity index (χ0v) is 13.1. The maximum absolute atomic E-state index is 12.2. The van der Waals surface area contributed by atoms with E-state index in [4.69, 9.17) is 5.11 Å². The summed E-state index contributed by atoms with van der Waals surface area (Å²) >= 11 is 1.64. The van der Waals surface area contributed by atoms with Crippen molar-refractivity contribution in [2.45, 2.75) is 39.8 Å². The van der Waals surface area contributed by atoms with Crippen LogP contribution >= 0.6 is 11.3 Å². The lowest BCUT2D eigenvalue weighted by Crippen LogP contribution is -2.47. The van der Waals surface area contributed by atoms with Crippen LogP contribution in [0.3, 0.4) is 0 Å². The molecule has 0 radical (unpaired) electrons. The van der Waals surface area contributed by atoms with E-state index in [0.717, 1.165) is 4.88 Å². The van der Waals surface area contributed by atoms with Crippen molar-refractivity contribution in [1.29, 1.82) is 0 Å². The van der Waals surface area contributed by atoms with Crippen molar-refractivity contribution in [2.75, 3.05) is 13.7 Å². The van der Waals surface area contributed by atoms with Gasteiger partial charge in [-0.05, 0) is 23.8 Å². The molecule has 2 amide bonds. The van der Waals surface area contributed by atoms with Gasteiger partial charge in [0, 0.05) is 11.9 Å². The van der Waals surface area contributed by atoms with Gasteiger partial charge in [0.15, 0.2) is 0 Å². The monoisotopic (exact) mass is 284 g/mol. The van der Waals surface area contributed by atoms with Crippen LogP contribution in [0.25, 0.3) is 0 Å². The number of carbonyl (C=O) groups is 1. The molecule has 2 atom stereocenters. The first-order valence-corrected chi connectivity index (χ1v) is 7.33. The zero-order chi connectivity index (χ0) is 14.6. The number of rotatable bonds is 4. The lowest BCUT2D eigenvalue weighted by Gasteiger charge is -2.33. The summed E-state index contributed by atoms with van der Waals surface area (Å²) in [6.07, 6.45) is 0. The number of hydrogen-bond acceptors (Lipinski definition) is 3. The number of aliphatic hydroxyl groups excluding tert-OH is 1. The smallest absolute Gasteiger partial charge is 0.317 e. The number of carbonyl (C=O) groups excluding carboxylic acids is 1. The van der Waals surface area contributed by atoms with Crippen LogP contribution < -0.4 is 5.32 Å². The van der Waals surface area contributed by atoms with Gasteiger partial charge in [0.1, 0.15) is 0 Å². The topological polar surface area (TPSA) is 52.6 Å². The summed E-state index contributed by atoms with van der Waals surface area (Å²) in [4.78, 5) is 14.9. The van der Waals surface area contributed by atoms with Gasteiger partial charge in [-0.25, -0.2) is 4.79 Å². The summed E-state index contributed by atoms with van der Waals surface area (Å²) in [5.41, 5.74) is -0.0657. The van der Waals surface area contributed by atoms with Crippen LogP contribution in [0.1, 0.15) is 38.6 Å². The third kappa shape index (κ3) is 4.21. The van der Waals surface area contributed by atoms with Gasteiger partial charge in [-0.1, -0.05) is 26.8 Å². The first kappa shape index (κ1) is 16.0. The molecule has 0 saturated heterocycles. The molecule has 1 aromatic rings. The fourth-order valence-corrected chi connectivity index (χ4v) is 2.74. The number of amides is 2. The minimum Gasteiger partial charge on any atom is -0.394 e. The molecule has 1 heterocycles. The Labute approximate surface area is 119 Å². The third-order valence-corrected chi connectivity index (χ3v) is 4.14. The average molecular weight is 284 g/mol. The highest BCUT2D eigenvalue weighted by Gasteiger charge is 2.30. The zero-order valence-electron chi connectivity index (χ0n) is 12.3. The predicted octanol–water partition coefficient (Wildman–Crippen LogP) is 2.86. The second-order valence-corrected chi connectivity index (χ2v) is 6.89. The quantitative estimate of drug-likeness (QED) is 0.893. The molecule has 19 heavy (non-hydrogen) atoms. The molecule has 0 fully saturated rings. The van der Waals surface area contributed by atoms with Crippen LogP contribution in [0.15, 0.2) is 17.5 Å². The van der Waals surface area contributed by atoms with Crippen molar-refractivity contribution in [3.63, 3.8) is 0 Å². The number of hydrogen-bond donors (Lipinski definition) is 2. The first-order valence-electron chi connectivity index (χ1n) is 6.45. The lowest BCUT2D eigenvalue weighted by atomic mass is 9.86. The Kier molecular flexibility index (Phi) is 5.38. The highest BCUT2D eigenvalue weighted by Crippen LogP contribution is 2.35. The number of urea groups is 1. The van der Waals surface area contributed by atoms with Gasteiger partial charge in [0.25, 0.3) is 0 Å². The lowest BCUT2D eigenvalue weighted by molar-refractivity contribution is 0.147. The minimum absolute atomic E-state index is 0.0339. The average Bonchev–Trinajstić information content (AvgIpc) is 2.85. The Morgan fingerprint density at radius 2 is 2.16 bits per heavy atom. The molecule has 108 valence electrons. The molecule has 0 aromatic carbocycles. The van der Waals surface area contributed by atoms with Crippen LogP contribution in [0, 0.1) is 5.41 Å². The van der Waals surface area contributed by atoms with E-state index in [1.807, 2.05) is 24.4 Å². The number of likely N-dealkylation sites (N-methyl/N-ethyl adjacent to an activating group) is 1. The molecular weight excluding hydrogens is 260 g/mol. The molecular formula is C14H24N2O2S. The molecule has 0 saturated carbocycles. The molecule has 4 nitrogen and oxygen atoms in total. The summed E-state index contributed by atoms with van der Waals surface area (Å²) in [6, 6.07) is 3.65. The summed E-state index contributed by atoms with van der Waals surface area (Å²) in [6.45, 7) is 8.09. The number of nitrogens with zero attached hydrogens (tertiary/aromatic N) is 1. The number of aliphatic hydroxyl groups is 1. The van der Waals surface area contributed by atoms with E-state index in [1.54, 1.807) is 18.4 Å². The largest absolute Gasteiger partial charge is 0.394 e. The number of nitrogens with one attached hydrogen (secondary N) is 1. The summed E-state index contributed by atoms with van der Waals surface area (Å²) < 4.78 is 0. The van der Waals surface area contributed by atoms with E-state index in [0.29, 0.717) is 0 Å². The number of thiophene rings is 1. The second-order valence-electron chi connectivity index (χ2n) is 5.91. The first-order chi connectivity index (χ1) is 8.77. The summed E-state index contributed by atoms with van der Waals surface area (Å²) in [7, 11) is 1.70. The van der Waals surface area contributed by atoms with E-state index in [-0.39, 0.29) is 30.1 Å². The Hall–Kier alpha value is -1.07. The molecule has 2 N–H and O–H groups in total. The van der Waals surface area contributed by atoms with E-state index in [2.05, 4.69) is 26.1 Å².